The van der Waals surface area contributed by atoms with Crippen molar-refractivity contribution < 1.29 is 9.18 Å². The van der Waals surface area contributed by atoms with Crippen LogP contribution in [-0.4, -0.2) is 26.8 Å². The molecule has 3 N–H and O–H groups in total. The summed E-state index contributed by atoms with van der Waals surface area (Å²) in [5, 5.41) is 6.93. The maximum atomic E-state index is 12.7. The minimum atomic E-state index is -0.308. The molecule has 29 heavy (non-hydrogen) atoms. The van der Waals surface area contributed by atoms with E-state index in [4.69, 9.17) is 5.73 Å². The fourth-order valence-corrected chi connectivity index (χ4v) is 4.25. The van der Waals surface area contributed by atoms with Gasteiger partial charge in [0.25, 0.3) is 0 Å². The van der Waals surface area contributed by atoms with Crippen molar-refractivity contribution in [1.29, 1.82) is 0 Å². The van der Waals surface area contributed by atoms with Gasteiger partial charge in [0.15, 0.2) is 0 Å². The topological polar surface area (TPSA) is 94.9 Å². The number of nitrogens with two attached hydrogens (primary N) is 1. The van der Waals surface area contributed by atoms with Crippen molar-refractivity contribution in [2.24, 2.45) is 5.73 Å². The first-order valence-electron chi connectivity index (χ1n) is 9.19. The molecule has 0 aliphatic carbocycles. The van der Waals surface area contributed by atoms with E-state index >= 15 is 0 Å². The maximum absolute atomic E-state index is 12.7. The Morgan fingerprint density at radius 1 is 1.28 bits per heavy atom. The van der Waals surface area contributed by atoms with Gasteiger partial charge in [-0.25, -0.2) is 13.9 Å². The zero-order valence-corrected chi connectivity index (χ0v) is 16.4. The molecular weight excluding hydrogens is 393 g/mol. The van der Waals surface area contributed by atoms with Crippen LogP contribution in [0.1, 0.15) is 16.9 Å². The number of amides is 1. The van der Waals surface area contributed by atoms with Crippen LogP contribution >= 0.6 is 11.3 Å². The highest BCUT2D eigenvalue weighted by Gasteiger charge is 2.16. The lowest BCUT2D eigenvalue weighted by Gasteiger charge is -2.17. The Balaban J connectivity index is 1.51. The molecule has 3 heterocycles. The van der Waals surface area contributed by atoms with Crippen LogP contribution in [0.4, 0.5) is 10.1 Å². The lowest BCUT2D eigenvalue weighted by Crippen LogP contribution is -2.26. The summed E-state index contributed by atoms with van der Waals surface area (Å²) < 4.78 is 15.4. The van der Waals surface area contributed by atoms with E-state index in [1.807, 2.05) is 24.3 Å². The molecule has 1 amide bonds. The van der Waals surface area contributed by atoms with Crippen LogP contribution in [0.3, 0.4) is 0 Å². The average molecular weight is 413 g/mol. The van der Waals surface area contributed by atoms with Gasteiger partial charge in [-0.2, -0.15) is 5.10 Å². The molecular formula is C20H20FN5O2S. The van der Waals surface area contributed by atoms with E-state index in [1.54, 1.807) is 11.3 Å². The predicted molar refractivity (Wildman–Crippen MR) is 111 cm³/mol. The monoisotopic (exact) mass is 413 g/mol. The smallest absolute Gasteiger partial charge is 0.327 e. The van der Waals surface area contributed by atoms with Crippen LogP contribution in [0.2, 0.25) is 0 Å². The SMILES string of the molecule is NC/C(=C\F)Cn1ncn(Cc2ccc(-c3ccc4c(c3)CCC(=O)N4)s2)c1=O. The molecule has 9 heteroatoms. The number of hydrogen-bond donors (Lipinski definition) is 2. The van der Waals surface area contributed by atoms with Gasteiger partial charge in [0.2, 0.25) is 5.91 Å². The first-order chi connectivity index (χ1) is 14.1. The van der Waals surface area contributed by atoms with Gasteiger partial charge in [0.05, 0.1) is 19.4 Å². The number of thiophene rings is 1. The lowest BCUT2D eigenvalue weighted by molar-refractivity contribution is -0.116. The zero-order valence-electron chi connectivity index (χ0n) is 15.6. The highest BCUT2D eigenvalue weighted by atomic mass is 32.1. The second-order valence-electron chi connectivity index (χ2n) is 6.86. The van der Waals surface area contributed by atoms with Gasteiger partial charge >= 0.3 is 5.69 Å². The molecule has 0 bridgehead atoms. The molecule has 1 aliphatic rings. The molecule has 0 radical (unpaired) electrons. The molecule has 7 nitrogen and oxygen atoms in total. The molecule has 2 aromatic heterocycles. The molecule has 3 aromatic rings. The van der Waals surface area contributed by atoms with E-state index in [0.29, 0.717) is 24.9 Å². The number of benzene rings is 1. The number of anilines is 1. The highest BCUT2D eigenvalue weighted by Crippen LogP contribution is 2.32. The van der Waals surface area contributed by atoms with Gasteiger partial charge in [-0.3, -0.25) is 9.36 Å². The fourth-order valence-electron chi connectivity index (χ4n) is 3.25. The number of carbonyl (C=O) groups is 1. The summed E-state index contributed by atoms with van der Waals surface area (Å²) in [4.78, 5) is 26.1. The van der Waals surface area contributed by atoms with Gasteiger partial charge < -0.3 is 11.1 Å². The van der Waals surface area contributed by atoms with E-state index in [1.165, 1.54) is 15.6 Å². The Kier molecular flexibility index (Phi) is 5.41. The van der Waals surface area contributed by atoms with Crippen molar-refractivity contribution in [3.63, 3.8) is 0 Å². The Labute approximate surface area is 170 Å². The molecule has 1 aromatic carbocycles. The van der Waals surface area contributed by atoms with Crippen LogP contribution in [-0.2, 0) is 24.3 Å². The summed E-state index contributed by atoms with van der Waals surface area (Å²) >= 11 is 1.60. The van der Waals surface area contributed by atoms with E-state index < -0.39 is 0 Å². The van der Waals surface area contributed by atoms with Crippen molar-refractivity contribution in [1.82, 2.24) is 14.3 Å². The summed E-state index contributed by atoms with van der Waals surface area (Å²) in [6.45, 7) is 0.469. The summed E-state index contributed by atoms with van der Waals surface area (Å²) in [5.74, 6) is 0.0511. The third kappa shape index (κ3) is 4.06. The summed E-state index contributed by atoms with van der Waals surface area (Å²) in [6.07, 6.45) is 3.11. The third-order valence-electron chi connectivity index (χ3n) is 4.84. The Hall–Kier alpha value is -3.04. The van der Waals surface area contributed by atoms with Crippen molar-refractivity contribution in [3.05, 3.63) is 69.5 Å². The minimum Gasteiger partial charge on any atom is -0.327 e. The minimum absolute atomic E-state index is 0.0363. The molecule has 0 saturated heterocycles. The maximum Gasteiger partial charge on any atom is 0.346 e. The van der Waals surface area contributed by atoms with Crippen LogP contribution in [0.25, 0.3) is 10.4 Å². The third-order valence-corrected chi connectivity index (χ3v) is 5.96. The van der Waals surface area contributed by atoms with E-state index in [9.17, 15) is 14.0 Å². The molecule has 0 fully saturated rings. The first-order valence-corrected chi connectivity index (χ1v) is 10.0. The van der Waals surface area contributed by atoms with Crippen molar-refractivity contribution in [2.75, 3.05) is 11.9 Å². The van der Waals surface area contributed by atoms with Crippen LogP contribution in [0, 0.1) is 0 Å². The van der Waals surface area contributed by atoms with Crippen LogP contribution < -0.4 is 16.7 Å². The summed E-state index contributed by atoms with van der Waals surface area (Å²) in [5.41, 5.74) is 8.53. The van der Waals surface area contributed by atoms with E-state index in [-0.39, 0.29) is 24.7 Å². The molecule has 0 atom stereocenters. The number of nitrogens with one attached hydrogen (secondary N) is 1. The predicted octanol–water partition coefficient (Wildman–Crippen LogP) is 2.52. The van der Waals surface area contributed by atoms with E-state index in [2.05, 4.69) is 16.5 Å². The van der Waals surface area contributed by atoms with Crippen LogP contribution in [0.5, 0.6) is 0 Å². The van der Waals surface area contributed by atoms with Crippen molar-refractivity contribution in [2.45, 2.75) is 25.9 Å². The van der Waals surface area contributed by atoms with Gasteiger partial charge in [-0.05, 0) is 47.4 Å². The molecule has 4 rings (SSSR count). The molecule has 1 aliphatic heterocycles. The lowest BCUT2D eigenvalue weighted by atomic mass is 10.00. The number of nitrogens with zero attached hydrogens (tertiary/aromatic N) is 3. The molecule has 0 spiro atoms. The van der Waals surface area contributed by atoms with Crippen molar-refractivity contribution >= 4 is 22.9 Å². The van der Waals surface area contributed by atoms with Gasteiger partial charge in [-0.15, -0.1) is 11.3 Å². The molecule has 0 unspecified atom stereocenters. The number of halogens is 1. The largest absolute Gasteiger partial charge is 0.346 e. The fraction of sp³-hybridized carbons (Fsp3) is 0.250. The quantitative estimate of drug-likeness (QED) is 0.649. The second-order valence-corrected chi connectivity index (χ2v) is 8.02. The number of aryl methyl sites for hydroxylation is 1. The van der Waals surface area contributed by atoms with E-state index in [0.717, 1.165) is 33.0 Å². The van der Waals surface area contributed by atoms with Gasteiger partial charge in [-0.1, -0.05) is 6.07 Å². The van der Waals surface area contributed by atoms with Crippen molar-refractivity contribution in [3.8, 4) is 10.4 Å². The number of aromatic nitrogens is 3. The number of rotatable bonds is 6. The Morgan fingerprint density at radius 3 is 2.93 bits per heavy atom. The molecule has 150 valence electrons. The number of fused-ring (bicyclic) bond motifs is 1. The second kappa shape index (κ2) is 8.14. The highest BCUT2D eigenvalue weighted by molar-refractivity contribution is 7.15. The number of carbonyl (C=O) groups excluding carboxylic acids is 1. The Bertz CT molecular complexity index is 1140. The summed E-state index contributed by atoms with van der Waals surface area (Å²) in [6, 6.07) is 10.0. The standard InChI is InChI=1S/C20H20FN5O2S/c21-8-13(9-22)10-26-20(28)25(12-23-26)11-16-3-5-18(29-16)15-1-4-17-14(7-15)2-6-19(27)24-17/h1,3-5,7-8,12H,2,6,9-11,22H2,(H,24,27)/b13-8+. The normalized spacial score (nSPS) is 14.0. The summed E-state index contributed by atoms with van der Waals surface area (Å²) in [7, 11) is 0. The molecule has 0 saturated carbocycles. The van der Waals surface area contributed by atoms with Gasteiger partial charge in [0, 0.05) is 28.4 Å². The average Bonchev–Trinajstić information content (AvgIpc) is 3.33. The van der Waals surface area contributed by atoms with Gasteiger partial charge in [0.1, 0.15) is 6.33 Å². The zero-order chi connectivity index (χ0) is 20.4. The first kappa shape index (κ1) is 19.3. The Morgan fingerprint density at radius 2 is 2.14 bits per heavy atom. The van der Waals surface area contributed by atoms with Crippen LogP contribution in [0.15, 0.2) is 53.4 Å². The number of hydrogen-bond acceptors (Lipinski definition) is 5.